The van der Waals surface area contributed by atoms with Crippen molar-refractivity contribution in [2.45, 2.75) is 12.8 Å². The van der Waals surface area contributed by atoms with Gasteiger partial charge in [0.2, 0.25) is 5.95 Å². The molecule has 0 saturated carbocycles. The van der Waals surface area contributed by atoms with Crippen molar-refractivity contribution in [1.82, 2.24) is 15.0 Å². The predicted octanol–water partition coefficient (Wildman–Crippen LogP) is 2.43. The fourth-order valence-electron chi connectivity index (χ4n) is 3.31. The number of carboxylic acids is 1. The number of nitrogens with one attached hydrogen (secondary N) is 4. The Kier molecular flexibility index (Phi) is 5.90. The minimum absolute atomic E-state index is 0.0598. The number of benzene rings is 1. The van der Waals surface area contributed by atoms with Crippen molar-refractivity contribution in [3.63, 3.8) is 0 Å². The average molecular weight is 452 g/mol. The smallest absolute Gasteiger partial charge is 0.322 e. The van der Waals surface area contributed by atoms with E-state index in [4.69, 9.17) is 10.8 Å². The Morgan fingerprint density at radius 1 is 1.12 bits per heavy atom. The molecule has 11 heteroatoms. The van der Waals surface area contributed by atoms with Crippen LogP contribution in [0.25, 0.3) is 11.0 Å². The number of carbonyl (C=O) groups excluding carboxylic acids is 1. The zero-order valence-electron chi connectivity index (χ0n) is 16.8. The number of hydrogen-bond donors (Lipinski definition) is 6. The molecule has 10 nitrogen and oxygen atoms in total. The van der Waals surface area contributed by atoms with Gasteiger partial charge in [-0.05, 0) is 42.7 Å². The maximum absolute atomic E-state index is 12.7. The summed E-state index contributed by atoms with van der Waals surface area (Å²) < 4.78 is 0. The molecule has 32 heavy (non-hydrogen) atoms. The van der Waals surface area contributed by atoms with Crippen LogP contribution in [0.5, 0.6) is 0 Å². The van der Waals surface area contributed by atoms with E-state index < -0.39 is 5.97 Å². The lowest BCUT2D eigenvalue weighted by atomic mass is 10.1. The first kappa shape index (κ1) is 21.1. The molecule has 3 heterocycles. The molecule has 0 saturated heterocycles. The first-order valence-electron chi connectivity index (χ1n) is 9.71. The van der Waals surface area contributed by atoms with E-state index in [1.165, 1.54) is 11.3 Å². The van der Waals surface area contributed by atoms with Crippen molar-refractivity contribution < 1.29 is 14.7 Å². The molecule has 0 radical (unpaired) electrons. The van der Waals surface area contributed by atoms with Crippen LogP contribution in [-0.2, 0) is 17.6 Å². The van der Waals surface area contributed by atoms with Crippen molar-refractivity contribution in [3.05, 3.63) is 68.3 Å². The van der Waals surface area contributed by atoms with Gasteiger partial charge < -0.3 is 26.5 Å². The molecule has 7 N–H and O–H groups in total. The summed E-state index contributed by atoms with van der Waals surface area (Å²) in [6, 6.07) is 10.5. The molecule has 0 atom stereocenters. The standard InChI is InChI=1S/C21H20N6O4S/c22-21-26-18-17(20(31)27-21)11(9-24-18)5-6-12-7-8-15(32-12)19(30)25-14-4-2-1-3-13(14)23-10-16(28)29/h1-4,7-9,23H,5-6,10H2,(H,25,30)(H,28,29)(H4,22,24,26,27,31). The number of nitrogens with two attached hydrogens (primary N) is 1. The number of amides is 1. The highest BCUT2D eigenvalue weighted by molar-refractivity contribution is 7.14. The van der Waals surface area contributed by atoms with Gasteiger partial charge in [0.25, 0.3) is 11.5 Å². The Bertz CT molecular complexity index is 1360. The number of aromatic amines is 2. The number of H-pyrrole nitrogens is 2. The fourth-order valence-corrected chi connectivity index (χ4v) is 4.21. The number of para-hydroxylation sites is 2. The molecule has 0 bridgehead atoms. The summed E-state index contributed by atoms with van der Waals surface area (Å²) in [6.45, 7) is -0.255. The number of anilines is 3. The van der Waals surface area contributed by atoms with E-state index in [0.717, 1.165) is 10.4 Å². The second-order valence-corrected chi connectivity index (χ2v) is 8.17. The number of aryl methyl sites for hydroxylation is 2. The van der Waals surface area contributed by atoms with Crippen LogP contribution in [0.3, 0.4) is 0 Å². The number of thiophene rings is 1. The first-order chi connectivity index (χ1) is 15.4. The first-order valence-corrected chi connectivity index (χ1v) is 10.5. The summed E-state index contributed by atoms with van der Waals surface area (Å²) in [5.41, 5.74) is 7.58. The quantitative estimate of drug-likeness (QED) is 0.239. The number of carbonyl (C=O) groups is 2. The van der Waals surface area contributed by atoms with Gasteiger partial charge in [-0.1, -0.05) is 12.1 Å². The van der Waals surface area contributed by atoms with Gasteiger partial charge in [0.15, 0.2) is 0 Å². The van der Waals surface area contributed by atoms with E-state index >= 15 is 0 Å². The zero-order chi connectivity index (χ0) is 22.7. The number of fused-ring (bicyclic) bond motifs is 1. The molecule has 4 rings (SSSR count). The molecular formula is C21H20N6O4S. The Balaban J connectivity index is 1.43. The monoisotopic (exact) mass is 452 g/mol. The van der Waals surface area contributed by atoms with E-state index in [9.17, 15) is 14.4 Å². The molecular weight excluding hydrogens is 432 g/mol. The Hall–Kier alpha value is -4.12. The number of carboxylic acid groups (broad SMARTS) is 1. The molecule has 4 aromatic rings. The predicted molar refractivity (Wildman–Crippen MR) is 123 cm³/mol. The van der Waals surface area contributed by atoms with E-state index in [0.29, 0.717) is 40.1 Å². The van der Waals surface area contributed by atoms with Crippen LogP contribution in [0.15, 0.2) is 47.4 Å². The topological polar surface area (TPSA) is 166 Å². The van der Waals surface area contributed by atoms with Gasteiger partial charge in [0.05, 0.1) is 21.6 Å². The van der Waals surface area contributed by atoms with Crippen LogP contribution in [0.2, 0.25) is 0 Å². The molecule has 0 spiro atoms. The van der Waals surface area contributed by atoms with Crippen LogP contribution in [0.4, 0.5) is 17.3 Å². The van der Waals surface area contributed by atoms with Crippen molar-refractivity contribution in [3.8, 4) is 0 Å². The van der Waals surface area contributed by atoms with Crippen molar-refractivity contribution in [1.29, 1.82) is 0 Å². The number of rotatable bonds is 8. The summed E-state index contributed by atoms with van der Waals surface area (Å²) in [7, 11) is 0. The average Bonchev–Trinajstić information content (AvgIpc) is 3.38. The third kappa shape index (κ3) is 4.62. The van der Waals surface area contributed by atoms with E-state index in [-0.39, 0.29) is 24.0 Å². The van der Waals surface area contributed by atoms with Crippen LogP contribution in [-0.4, -0.2) is 38.5 Å². The second kappa shape index (κ2) is 8.94. The fraction of sp³-hybridized carbons (Fsp3) is 0.143. The lowest BCUT2D eigenvalue weighted by Gasteiger charge is -2.11. The van der Waals surface area contributed by atoms with Crippen LogP contribution in [0.1, 0.15) is 20.1 Å². The molecule has 1 aromatic carbocycles. The van der Waals surface area contributed by atoms with Gasteiger partial charge in [-0.15, -0.1) is 11.3 Å². The van der Waals surface area contributed by atoms with Crippen LogP contribution in [0, 0.1) is 0 Å². The third-order valence-electron chi connectivity index (χ3n) is 4.77. The van der Waals surface area contributed by atoms with Crippen molar-refractivity contribution in [2.24, 2.45) is 0 Å². The molecule has 0 aliphatic carbocycles. The van der Waals surface area contributed by atoms with Gasteiger partial charge >= 0.3 is 5.97 Å². The van der Waals surface area contributed by atoms with Gasteiger partial charge in [-0.3, -0.25) is 19.4 Å². The number of hydrogen-bond acceptors (Lipinski definition) is 7. The van der Waals surface area contributed by atoms with Gasteiger partial charge in [0.1, 0.15) is 12.2 Å². The van der Waals surface area contributed by atoms with Gasteiger partial charge in [-0.25, -0.2) is 0 Å². The second-order valence-electron chi connectivity index (χ2n) is 7.00. The number of aromatic nitrogens is 3. The van der Waals surface area contributed by atoms with E-state index in [1.54, 1.807) is 36.5 Å². The van der Waals surface area contributed by atoms with Crippen LogP contribution < -0.4 is 21.9 Å². The highest BCUT2D eigenvalue weighted by atomic mass is 32.1. The molecule has 3 aromatic heterocycles. The van der Waals surface area contributed by atoms with Crippen molar-refractivity contribution >= 4 is 51.6 Å². The van der Waals surface area contributed by atoms with Gasteiger partial charge in [0, 0.05) is 11.1 Å². The number of aliphatic carboxylic acids is 1. The molecule has 0 aliphatic heterocycles. The SMILES string of the molecule is Nc1nc2[nH]cc(CCc3ccc(C(=O)Nc4ccccc4NCC(=O)O)s3)c2c(=O)[nH]1. The minimum Gasteiger partial charge on any atom is -0.480 e. The van der Waals surface area contributed by atoms with E-state index in [1.807, 2.05) is 6.07 Å². The zero-order valence-corrected chi connectivity index (χ0v) is 17.6. The largest absolute Gasteiger partial charge is 0.480 e. The lowest BCUT2D eigenvalue weighted by molar-refractivity contribution is -0.134. The molecule has 164 valence electrons. The summed E-state index contributed by atoms with van der Waals surface area (Å²) in [6.07, 6.45) is 2.98. The molecule has 0 fully saturated rings. The number of nitrogen functional groups attached to an aromatic ring is 1. The lowest BCUT2D eigenvalue weighted by Crippen LogP contribution is -2.16. The summed E-state index contributed by atoms with van der Waals surface area (Å²) in [5.74, 6) is -1.22. The Labute approximate surface area is 185 Å². The molecule has 0 unspecified atom stereocenters. The number of nitrogens with zero attached hydrogens (tertiary/aromatic N) is 1. The summed E-state index contributed by atoms with van der Waals surface area (Å²) in [4.78, 5) is 46.7. The maximum atomic E-state index is 12.7. The normalized spacial score (nSPS) is 10.9. The Morgan fingerprint density at radius 3 is 2.69 bits per heavy atom. The highest BCUT2D eigenvalue weighted by Crippen LogP contribution is 2.25. The Morgan fingerprint density at radius 2 is 1.91 bits per heavy atom. The minimum atomic E-state index is -0.995. The summed E-state index contributed by atoms with van der Waals surface area (Å²) in [5, 5.41) is 14.9. The third-order valence-corrected chi connectivity index (χ3v) is 5.92. The van der Waals surface area contributed by atoms with Crippen molar-refractivity contribution in [2.75, 3.05) is 22.9 Å². The van der Waals surface area contributed by atoms with E-state index in [2.05, 4.69) is 25.6 Å². The van der Waals surface area contributed by atoms with Crippen LogP contribution >= 0.6 is 11.3 Å². The molecule has 0 aliphatic rings. The summed E-state index contributed by atoms with van der Waals surface area (Å²) >= 11 is 1.36. The highest BCUT2D eigenvalue weighted by Gasteiger charge is 2.14. The van der Waals surface area contributed by atoms with Gasteiger partial charge in [-0.2, -0.15) is 4.98 Å². The molecule has 1 amide bonds. The maximum Gasteiger partial charge on any atom is 0.322 e.